The van der Waals surface area contributed by atoms with Gasteiger partial charge in [-0.3, -0.25) is 0 Å². The second-order valence-electron chi connectivity index (χ2n) is 8.15. The van der Waals surface area contributed by atoms with E-state index in [1.165, 1.54) is 36.4 Å². The lowest BCUT2D eigenvalue weighted by atomic mass is 9.91. The van der Waals surface area contributed by atoms with Crippen molar-refractivity contribution in [2.24, 2.45) is 0 Å². The summed E-state index contributed by atoms with van der Waals surface area (Å²) in [5, 5.41) is 27.9. The zero-order valence-corrected chi connectivity index (χ0v) is 19.5. The Morgan fingerprint density at radius 1 is 0.595 bits per heavy atom. The molecule has 0 aliphatic carbocycles. The van der Waals surface area contributed by atoms with Crippen molar-refractivity contribution in [3.05, 3.63) is 114 Å². The molecule has 0 unspecified atom stereocenters. The Balaban J connectivity index is 1.97. The van der Waals surface area contributed by atoms with Gasteiger partial charge < -0.3 is 20.1 Å². The summed E-state index contributed by atoms with van der Waals surface area (Å²) in [6.07, 6.45) is 1.60. The van der Waals surface area contributed by atoms with E-state index in [4.69, 9.17) is 4.74 Å². The number of aromatic carboxylic acids is 3. The maximum Gasteiger partial charge on any atom is 0.335 e. The highest BCUT2D eigenvalue weighted by atomic mass is 16.5. The molecule has 0 heterocycles. The van der Waals surface area contributed by atoms with Crippen LogP contribution < -0.4 is 4.74 Å². The Hall–Kier alpha value is -5.17. The minimum absolute atomic E-state index is 0.141. The van der Waals surface area contributed by atoms with Crippen LogP contribution in [0.25, 0.3) is 33.4 Å². The van der Waals surface area contributed by atoms with E-state index < -0.39 is 17.9 Å². The summed E-state index contributed by atoms with van der Waals surface area (Å²) in [6.45, 7) is 3.93. The van der Waals surface area contributed by atoms with Crippen LogP contribution >= 0.6 is 0 Å². The molecule has 0 aliphatic heterocycles. The summed E-state index contributed by atoms with van der Waals surface area (Å²) >= 11 is 0. The Bertz CT molecular complexity index is 1400. The van der Waals surface area contributed by atoms with Crippen LogP contribution in [0.1, 0.15) is 31.1 Å². The molecule has 4 rings (SSSR count). The fourth-order valence-corrected chi connectivity index (χ4v) is 3.91. The minimum atomic E-state index is -1.04. The van der Waals surface area contributed by atoms with Crippen LogP contribution in [-0.2, 0) is 0 Å². The molecule has 0 radical (unpaired) electrons. The van der Waals surface area contributed by atoms with Crippen LogP contribution in [0.3, 0.4) is 0 Å². The number of hydrogen-bond acceptors (Lipinski definition) is 4. The molecule has 0 bridgehead atoms. The van der Waals surface area contributed by atoms with E-state index in [9.17, 15) is 29.7 Å². The van der Waals surface area contributed by atoms with Gasteiger partial charge in [0.1, 0.15) is 12.4 Å². The third-order valence-electron chi connectivity index (χ3n) is 5.79. The fourth-order valence-electron chi connectivity index (χ4n) is 3.91. The van der Waals surface area contributed by atoms with E-state index in [1.54, 1.807) is 42.5 Å². The van der Waals surface area contributed by atoms with Crippen LogP contribution in [0.15, 0.2) is 97.6 Å². The van der Waals surface area contributed by atoms with Crippen LogP contribution in [0, 0.1) is 0 Å². The third-order valence-corrected chi connectivity index (χ3v) is 5.79. The number of hydrogen-bond donors (Lipinski definition) is 3. The maximum absolute atomic E-state index is 11.4. The highest BCUT2D eigenvalue weighted by Gasteiger charge is 2.18. The summed E-state index contributed by atoms with van der Waals surface area (Å²) in [5.74, 6) is -2.60. The number of carboxylic acid groups (broad SMARTS) is 3. The van der Waals surface area contributed by atoms with Gasteiger partial charge in [0.25, 0.3) is 0 Å². The number of carbonyl (C=O) groups is 3. The summed E-state index contributed by atoms with van der Waals surface area (Å²) in [5.41, 5.74) is 4.72. The molecule has 4 aromatic carbocycles. The van der Waals surface area contributed by atoms with Gasteiger partial charge in [-0.25, -0.2) is 14.4 Å². The fraction of sp³-hybridized carbons (Fsp3) is 0.0333. The summed E-state index contributed by atoms with van der Waals surface area (Å²) < 4.78 is 6.09. The van der Waals surface area contributed by atoms with Crippen LogP contribution in [-0.4, -0.2) is 39.8 Å². The molecule has 37 heavy (non-hydrogen) atoms. The van der Waals surface area contributed by atoms with Crippen LogP contribution in [0.5, 0.6) is 5.75 Å². The highest BCUT2D eigenvalue weighted by molar-refractivity contribution is 5.93. The molecule has 7 nitrogen and oxygen atoms in total. The number of rotatable bonds is 9. The zero-order valence-electron chi connectivity index (χ0n) is 19.5. The molecular weight excluding hydrogens is 472 g/mol. The lowest BCUT2D eigenvalue weighted by molar-refractivity contribution is 0.0686. The lowest BCUT2D eigenvalue weighted by Gasteiger charge is -2.19. The van der Waals surface area contributed by atoms with Crippen molar-refractivity contribution in [3.8, 4) is 39.1 Å². The number of benzene rings is 4. The molecule has 0 saturated heterocycles. The molecule has 0 aromatic heterocycles. The first-order chi connectivity index (χ1) is 17.8. The van der Waals surface area contributed by atoms with Gasteiger partial charge >= 0.3 is 17.9 Å². The molecule has 0 saturated carbocycles. The summed E-state index contributed by atoms with van der Waals surface area (Å²) in [6, 6.07) is 23.0. The topological polar surface area (TPSA) is 121 Å². The molecule has 7 heteroatoms. The first-order valence-electron chi connectivity index (χ1n) is 11.2. The quantitative estimate of drug-likeness (QED) is 0.232. The van der Waals surface area contributed by atoms with Gasteiger partial charge in [-0.15, -0.1) is 0 Å². The molecule has 3 N–H and O–H groups in total. The van der Waals surface area contributed by atoms with Crippen molar-refractivity contribution in [2.75, 3.05) is 6.61 Å². The lowest BCUT2D eigenvalue weighted by Crippen LogP contribution is -2.01. The van der Waals surface area contributed by atoms with E-state index in [0.29, 0.717) is 28.0 Å². The van der Waals surface area contributed by atoms with Crippen molar-refractivity contribution in [1.82, 2.24) is 0 Å². The SMILES string of the molecule is C=CCOc1c(-c2ccc(C(=O)O)cc2)cc(-c2ccc(C(=O)O)cc2)cc1-c1ccc(C(=O)O)cc1. The van der Waals surface area contributed by atoms with E-state index in [2.05, 4.69) is 6.58 Å². The number of ether oxygens (including phenoxy) is 1. The first kappa shape index (κ1) is 24.9. The third kappa shape index (κ3) is 5.41. The molecule has 0 spiro atoms. The molecule has 0 fully saturated rings. The van der Waals surface area contributed by atoms with Gasteiger partial charge in [0.05, 0.1) is 16.7 Å². The van der Waals surface area contributed by atoms with Gasteiger partial charge in [-0.05, 0) is 70.8 Å². The smallest absolute Gasteiger partial charge is 0.335 e. The summed E-state index contributed by atoms with van der Waals surface area (Å²) in [4.78, 5) is 34.0. The van der Waals surface area contributed by atoms with E-state index in [-0.39, 0.29) is 23.3 Å². The van der Waals surface area contributed by atoms with Gasteiger partial charge in [0, 0.05) is 11.1 Å². The predicted molar refractivity (Wildman–Crippen MR) is 139 cm³/mol. The Labute approximate surface area is 212 Å². The van der Waals surface area contributed by atoms with Crippen LogP contribution in [0.2, 0.25) is 0 Å². The van der Waals surface area contributed by atoms with Gasteiger partial charge in [-0.1, -0.05) is 49.1 Å². The average molecular weight is 494 g/mol. The van der Waals surface area contributed by atoms with Crippen molar-refractivity contribution < 1.29 is 34.4 Å². The normalized spacial score (nSPS) is 10.5. The second kappa shape index (κ2) is 10.6. The van der Waals surface area contributed by atoms with Gasteiger partial charge in [0.2, 0.25) is 0 Å². The molecule has 4 aromatic rings. The zero-order chi connectivity index (χ0) is 26.5. The average Bonchev–Trinajstić information content (AvgIpc) is 2.91. The first-order valence-corrected chi connectivity index (χ1v) is 11.2. The molecule has 0 atom stereocenters. The highest BCUT2D eigenvalue weighted by Crippen LogP contribution is 2.43. The molecule has 0 amide bonds. The van der Waals surface area contributed by atoms with Crippen molar-refractivity contribution in [3.63, 3.8) is 0 Å². The standard InChI is InChI=1S/C30H22O7/c1-2-15-37-27-25(19-5-11-22(12-6-19)29(33)34)16-24(18-3-9-21(10-4-18)28(31)32)17-26(27)20-7-13-23(14-8-20)30(35)36/h2-14,16-17H,1,15H2,(H,31,32)(H,33,34)(H,35,36). The van der Waals surface area contributed by atoms with Gasteiger partial charge in [-0.2, -0.15) is 0 Å². The Kier molecular flexibility index (Phi) is 7.16. The maximum atomic E-state index is 11.4. The minimum Gasteiger partial charge on any atom is -0.488 e. The number of carboxylic acids is 3. The van der Waals surface area contributed by atoms with Crippen molar-refractivity contribution in [2.45, 2.75) is 0 Å². The van der Waals surface area contributed by atoms with Crippen molar-refractivity contribution >= 4 is 17.9 Å². The Morgan fingerprint density at radius 3 is 1.27 bits per heavy atom. The molecular formula is C30H22O7. The van der Waals surface area contributed by atoms with Gasteiger partial charge in [0.15, 0.2) is 0 Å². The largest absolute Gasteiger partial charge is 0.488 e. The van der Waals surface area contributed by atoms with E-state index >= 15 is 0 Å². The van der Waals surface area contributed by atoms with E-state index in [1.807, 2.05) is 12.1 Å². The Morgan fingerprint density at radius 2 is 0.946 bits per heavy atom. The predicted octanol–water partition coefficient (Wildman–Crippen LogP) is 6.35. The van der Waals surface area contributed by atoms with E-state index in [0.717, 1.165) is 11.1 Å². The monoisotopic (exact) mass is 494 g/mol. The summed E-state index contributed by atoms with van der Waals surface area (Å²) in [7, 11) is 0. The van der Waals surface area contributed by atoms with Crippen LogP contribution in [0.4, 0.5) is 0 Å². The van der Waals surface area contributed by atoms with Crippen molar-refractivity contribution in [1.29, 1.82) is 0 Å². The second-order valence-corrected chi connectivity index (χ2v) is 8.15. The molecule has 184 valence electrons. The molecule has 0 aliphatic rings.